The number of rotatable bonds is 4. The van der Waals surface area contributed by atoms with Gasteiger partial charge in [0, 0.05) is 32.2 Å². The van der Waals surface area contributed by atoms with Gasteiger partial charge in [-0.3, -0.25) is 9.69 Å². The van der Waals surface area contributed by atoms with Crippen molar-refractivity contribution in [2.75, 3.05) is 32.8 Å². The molecule has 0 aromatic heterocycles. The molecule has 1 amide bonds. The number of piperidine rings is 1. The number of carbonyl (C=O) groups is 1. The zero-order valence-electron chi connectivity index (χ0n) is 13.6. The standard InChI is InChI=1S/C17H23F2N3O2/c18-14-2-1-12(9-15(14)19)10-22-6-3-13(4-7-22)21-17(23)16-11-24-8-5-20-16/h1-2,9,13,16,20H,3-8,10-11H2,(H,21,23). The van der Waals surface area contributed by atoms with E-state index >= 15 is 0 Å². The fourth-order valence-electron chi connectivity index (χ4n) is 3.17. The molecule has 24 heavy (non-hydrogen) atoms. The zero-order valence-corrected chi connectivity index (χ0v) is 13.6. The number of benzene rings is 1. The summed E-state index contributed by atoms with van der Waals surface area (Å²) < 4.78 is 31.5. The maximum absolute atomic E-state index is 13.3. The van der Waals surface area contributed by atoms with Crippen LogP contribution in [0, 0.1) is 11.6 Å². The first-order valence-electron chi connectivity index (χ1n) is 8.39. The molecule has 1 atom stereocenters. The average molecular weight is 339 g/mol. The lowest BCUT2D eigenvalue weighted by Gasteiger charge is -2.33. The van der Waals surface area contributed by atoms with Crippen LogP contribution in [0.25, 0.3) is 0 Å². The number of morpholine rings is 1. The third-order valence-electron chi connectivity index (χ3n) is 4.56. The number of likely N-dealkylation sites (tertiary alicyclic amines) is 1. The second kappa shape index (κ2) is 8.00. The van der Waals surface area contributed by atoms with Crippen LogP contribution in [0.15, 0.2) is 18.2 Å². The van der Waals surface area contributed by atoms with Gasteiger partial charge in [-0.05, 0) is 30.5 Å². The summed E-state index contributed by atoms with van der Waals surface area (Å²) in [5, 5.41) is 6.22. The summed E-state index contributed by atoms with van der Waals surface area (Å²) in [4.78, 5) is 14.4. The van der Waals surface area contributed by atoms with Crippen molar-refractivity contribution < 1.29 is 18.3 Å². The molecule has 0 bridgehead atoms. The third kappa shape index (κ3) is 4.49. The van der Waals surface area contributed by atoms with Gasteiger partial charge in [0.1, 0.15) is 6.04 Å². The summed E-state index contributed by atoms with van der Waals surface area (Å²) in [5.74, 6) is -1.63. The molecule has 2 N–H and O–H groups in total. The minimum absolute atomic E-state index is 0.00578. The normalized spacial score (nSPS) is 23.2. The highest BCUT2D eigenvalue weighted by Gasteiger charge is 2.26. The fourth-order valence-corrected chi connectivity index (χ4v) is 3.17. The monoisotopic (exact) mass is 339 g/mol. The SMILES string of the molecule is O=C(NC1CCN(Cc2ccc(F)c(F)c2)CC1)C1COCCN1. The molecule has 0 spiro atoms. The van der Waals surface area contributed by atoms with Gasteiger partial charge in [-0.15, -0.1) is 0 Å². The molecule has 2 fully saturated rings. The van der Waals surface area contributed by atoms with Crippen molar-refractivity contribution in [3.8, 4) is 0 Å². The molecule has 0 radical (unpaired) electrons. The van der Waals surface area contributed by atoms with Gasteiger partial charge in [-0.1, -0.05) is 6.07 Å². The molecule has 5 nitrogen and oxygen atoms in total. The van der Waals surface area contributed by atoms with Gasteiger partial charge in [0.25, 0.3) is 0 Å². The Morgan fingerprint density at radius 2 is 2.08 bits per heavy atom. The van der Waals surface area contributed by atoms with Crippen LogP contribution in [0.5, 0.6) is 0 Å². The molecular formula is C17H23F2N3O2. The summed E-state index contributed by atoms with van der Waals surface area (Å²) in [6.07, 6.45) is 1.70. The van der Waals surface area contributed by atoms with Crippen LogP contribution in [-0.4, -0.2) is 55.7 Å². The Labute approximate surface area is 140 Å². The smallest absolute Gasteiger partial charge is 0.239 e. The number of hydrogen-bond acceptors (Lipinski definition) is 4. The van der Waals surface area contributed by atoms with Crippen molar-refractivity contribution in [2.45, 2.75) is 31.5 Å². The first-order valence-corrected chi connectivity index (χ1v) is 8.39. The summed E-state index contributed by atoms with van der Waals surface area (Å²) in [6.45, 7) is 3.99. The average Bonchev–Trinajstić information content (AvgIpc) is 2.61. The van der Waals surface area contributed by atoms with Crippen LogP contribution in [0.2, 0.25) is 0 Å². The molecule has 3 rings (SSSR count). The van der Waals surface area contributed by atoms with Crippen LogP contribution in [0.3, 0.4) is 0 Å². The van der Waals surface area contributed by atoms with E-state index < -0.39 is 11.6 Å². The molecule has 7 heteroatoms. The molecular weight excluding hydrogens is 316 g/mol. The highest BCUT2D eigenvalue weighted by Crippen LogP contribution is 2.16. The van der Waals surface area contributed by atoms with E-state index in [9.17, 15) is 13.6 Å². The predicted molar refractivity (Wildman–Crippen MR) is 85.4 cm³/mol. The van der Waals surface area contributed by atoms with Gasteiger partial charge < -0.3 is 15.4 Å². The van der Waals surface area contributed by atoms with E-state index in [0.717, 1.165) is 37.6 Å². The number of nitrogens with one attached hydrogen (secondary N) is 2. The maximum Gasteiger partial charge on any atom is 0.239 e. The molecule has 2 aliphatic rings. The van der Waals surface area contributed by atoms with Crippen molar-refractivity contribution >= 4 is 5.91 Å². The van der Waals surface area contributed by atoms with Crippen LogP contribution in [-0.2, 0) is 16.1 Å². The Balaban J connectivity index is 1.43. The predicted octanol–water partition coefficient (Wildman–Crippen LogP) is 1.03. The first kappa shape index (κ1) is 17.3. The lowest BCUT2D eigenvalue weighted by atomic mass is 10.0. The highest BCUT2D eigenvalue weighted by molar-refractivity contribution is 5.82. The van der Waals surface area contributed by atoms with Gasteiger partial charge in [0.05, 0.1) is 13.2 Å². The third-order valence-corrected chi connectivity index (χ3v) is 4.56. The lowest BCUT2D eigenvalue weighted by Crippen LogP contribution is -2.54. The summed E-state index contributed by atoms with van der Waals surface area (Å²) in [6, 6.07) is 3.91. The molecule has 0 aliphatic carbocycles. The van der Waals surface area contributed by atoms with E-state index in [1.54, 1.807) is 6.07 Å². The van der Waals surface area contributed by atoms with Gasteiger partial charge in [-0.2, -0.15) is 0 Å². The first-order chi connectivity index (χ1) is 11.6. The van der Waals surface area contributed by atoms with E-state index in [0.29, 0.717) is 26.3 Å². The van der Waals surface area contributed by atoms with Crippen molar-refractivity contribution in [3.63, 3.8) is 0 Å². The van der Waals surface area contributed by atoms with Gasteiger partial charge in [0.2, 0.25) is 5.91 Å². The maximum atomic E-state index is 13.3. The zero-order chi connectivity index (χ0) is 16.9. The van der Waals surface area contributed by atoms with E-state index in [1.165, 1.54) is 6.07 Å². The molecule has 2 aliphatic heterocycles. The minimum Gasteiger partial charge on any atom is -0.378 e. The van der Waals surface area contributed by atoms with Gasteiger partial charge in [0.15, 0.2) is 11.6 Å². The van der Waals surface area contributed by atoms with Crippen molar-refractivity contribution in [1.29, 1.82) is 0 Å². The van der Waals surface area contributed by atoms with E-state index in [2.05, 4.69) is 15.5 Å². The Bertz CT molecular complexity index is 571. The van der Waals surface area contributed by atoms with Crippen LogP contribution in [0.4, 0.5) is 8.78 Å². The fraction of sp³-hybridized carbons (Fsp3) is 0.588. The van der Waals surface area contributed by atoms with Crippen molar-refractivity contribution in [1.82, 2.24) is 15.5 Å². The largest absolute Gasteiger partial charge is 0.378 e. The molecule has 2 heterocycles. The van der Waals surface area contributed by atoms with Crippen molar-refractivity contribution in [2.24, 2.45) is 0 Å². The van der Waals surface area contributed by atoms with E-state index in [-0.39, 0.29) is 18.0 Å². The van der Waals surface area contributed by atoms with Crippen LogP contribution >= 0.6 is 0 Å². The number of ether oxygens (including phenoxy) is 1. The number of carbonyl (C=O) groups excluding carboxylic acids is 1. The second-order valence-electron chi connectivity index (χ2n) is 6.39. The summed E-state index contributed by atoms with van der Waals surface area (Å²) >= 11 is 0. The quantitative estimate of drug-likeness (QED) is 0.861. The number of halogens is 2. The number of nitrogens with zero attached hydrogens (tertiary/aromatic N) is 1. The highest BCUT2D eigenvalue weighted by atomic mass is 19.2. The molecule has 1 unspecified atom stereocenters. The Morgan fingerprint density at radius 3 is 2.75 bits per heavy atom. The van der Waals surface area contributed by atoms with E-state index in [1.807, 2.05) is 0 Å². The van der Waals surface area contributed by atoms with E-state index in [4.69, 9.17) is 4.74 Å². The Kier molecular flexibility index (Phi) is 5.76. The number of amides is 1. The Morgan fingerprint density at radius 1 is 1.29 bits per heavy atom. The Hall–Kier alpha value is -1.57. The lowest BCUT2D eigenvalue weighted by molar-refractivity contribution is -0.126. The van der Waals surface area contributed by atoms with Gasteiger partial charge >= 0.3 is 0 Å². The number of hydrogen-bond donors (Lipinski definition) is 2. The molecule has 1 aromatic rings. The summed E-state index contributed by atoms with van der Waals surface area (Å²) in [5.41, 5.74) is 0.764. The van der Waals surface area contributed by atoms with Crippen LogP contribution < -0.4 is 10.6 Å². The van der Waals surface area contributed by atoms with Crippen molar-refractivity contribution in [3.05, 3.63) is 35.4 Å². The van der Waals surface area contributed by atoms with Gasteiger partial charge in [-0.25, -0.2) is 8.78 Å². The topological polar surface area (TPSA) is 53.6 Å². The molecule has 132 valence electrons. The summed E-state index contributed by atoms with van der Waals surface area (Å²) in [7, 11) is 0. The molecule has 0 saturated carbocycles. The second-order valence-corrected chi connectivity index (χ2v) is 6.39. The van der Waals surface area contributed by atoms with Crippen LogP contribution in [0.1, 0.15) is 18.4 Å². The molecule has 2 saturated heterocycles. The molecule has 1 aromatic carbocycles. The minimum atomic E-state index is -0.819.